The predicted octanol–water partition coefficient (Wildman–Crippen LogP) is 2.55. The molecule has 2 heterocycles. The number of carbonyl (C=O) groups is 2. The van der Waals surface area contributed by atoms with E-state index in [1.807, 2.05) is 13.0 Å². The van der Waals surface area contributed by atoms with E-state index in [4.69, 9.17) is 4.42 Å². The van der Waals surface area contributed by atoms with Gasteiger partial charge in [-0.25, -0.2) is 0 Å². The molecule has 2 aromatic rings. The van der Waals surface area contributed by atoms with Gasteiger partial charge in [-0.05, 0) is 61.6 Å². The second kappa shape index (κ2) is 7.56. The molecular weight excluding hydrogens is 342 g/mol. The van der Waals surface area contributed by atoms with Gasteiger partial charge in [0.1, 0.15) is 0 Å². The molecule has 1 aliphatic carbocycles. The first-order valence-corrected chi connectivity index (χ1v) is 9.61. The highest BCUT2D eigenvalue weighted by Gasteiger charge is 2.28. The molecule has 1 aliphatic heterocycles. The van der Waals surface area contributed by atoms with Gasteiger partial charge in [-0.2, -0.15) is 0 Å². The van der Waals surface area contributed by atoms with E-state index >= 15 is 0 Å². The summed E-state index contributed by atoms with van der Waals surface area (Å²) in [4.78, 5) is 28.9. The minimum Gasteiger partial charge on any atom is -0.459 e. The number of hydrogen-bond donors (Lipinski definition) is 1. The number of aryl methyl sites for hydroxylation is 2. The van der Waals surface area contributed by atoms with E-state index in [1.165, 1.54) is 23.8 Å². The summed E-state index contributed by atoms with van der Waals surface area (Å²) in [6.45, 7) is 4.45. The monoisotopic (exact) mass is 367 g/mol. The zero-order chi connectivity index (χ0) is 18.8. The molecule has 1 aromatic carbocycles. The van der Waals surface area contributed by atoms with Crippen LogP contribution in [0.25, 0.3) is 0 Å². The molecule has 0 saturated carbocycles. The molecule has 0 spiro atoms. The largest absolute Gasteiger partial charge is 0.459 e. The standard InChI is InChI=1S/C21H25N3O3/c1-15(20(25)22-18-8-7-16-4-2-5-17(16)14-18)23-9-11-24(12-10-23)21(26)19-6-3-13-27-19/h3,6-8,13-15H,2,4-5,9-12H2,1H3,(H,22,25)/t15-/m0/s1. The van der Waals surface area contributed by atoms with Crippen molar-refractivity contribution in [1.82, 2.24) is 9.80 Å². The fourth-order valence-electron chi connectivity index (χ4n) is 3.93. The minimum atomic E-state index is -0.237. The first kappa shape index (κ1) is 17.8. The second-order valence-corrected chi connectivity index (χ2v) is 7.31. The van der Waals surface area contributed by atoms with Crippen molar-refractivity contribution in [3.8, 4) is 0 Å². The lowest BCUT2D eigenvalue weighted by atomic mass is 10.1. The van der Waals surface area contributed by atoms with Crippen molar-refractivity contribution in [2.45, 2.75) is 32.2 Å². The number of amides is 2. The van der Waals surface area contributed by atoms with Crippen LogP contribution < -0.4 is 5.32 Å². The average Bonchev–Trinajstić information content (AvgIpc) is 3.38. The van der Waals surface area contributed by atoms with Gasteiger partial charge in [0.2, 0.25) is 5.91 Å². The van der Waals surface area contributed by atoms with Crippen LogP contribution >= 0.6 is 0 Å². The van der Waals surface area contributed by atoms with Gasteiger partial charge in [-0.1, -0.05) is 6.07 Å². The summed E-state index contributed by atoms with van der Waals surface area (Å²) < 4.78 is 5.19. The second-order valence-electron chi connectivity index (χ2n) is 7.31. The van der Waals surface area contributed by atoms with Crippen LogP contribution in [0.4, 0.5) is 5.69 Å². The molecule has 0 bridgehead atoms. The van der Waals surface area contributed by atoms with Crippen molar-refractivity contribution in [3.05, 3.63) is 53.5 Å². The Morgan fingerprint density at radius 3 is 2.59 bits per heavy atom. The molecule has 27 heavy (non-hydrogen) atoms. The summed E-state index contributed by atoms with van der Waals surface area (Å²) in [5, 5.41) is 3.05. The fourth-order valence-corrected chi connectivity index (χ4v) is 3.93. The summed E-state index contributed by atoms with van der Waals surface area (Å²) in [6.07, 6.45) is 4.94. The normalized spacial score (nSPS) is 18.2. The Hall–Kier alpha value is -2.60. The zero-order valence-electron chi connectivity index (χ0n) is 15.6. The number of furan rings is 1. The first-order chi connectivity index (χ1) is 13.1. The molecule has 2 aliphatic rings. The Balaban J connectivity index is 1.31. The highest BCUT2D eigenvalue weighted by atomic mass is 16.3. The van der Waals surface area contributed by atoms with Crippen LogP contribution in [-0.2, 0) is 17.6 Å². The van der Waals surface area contributed by atoms with Gasteiger partial charge in [0.15, 0.2) is 5.76 Å². The van der Waals surface area contributed by atoms with Gasteiger partial charge in [0.05, 0.1) is 12.3 Å². The number of fused-ring (bicyclic) bond motifs is 1. The van der Waals surface area contributed by atoms with Crippen molar-refractivity contribution >= 4 is 17.5 Å². The van der Waals surface area contributed by atoms with Crippen LogP contribution in [0.5, 0.6) is 0 Å². The number of anilines is 1. The lowest BCUT2D eigenvalue weighted by Crippen LogP contribution is -2.54. The van der Waals surface area contributed by atoms with Gasteiger partial charge in [0.25, 0.3) is 5.91 Å². The number of nitrogens with zero attached hydrogens (tertiary/aromatic N) is 2. The van der Waals surface area contributed by atoms with Gasteiger partial charge in [0, 0.05) is 31.9 Å². The third-order valence-corrected chi connectivity index (χ3v) is 5.63. The molecule has 6 nitrogen and oxygen atoms in total. The summed E-state index contributed by atoms with van der Waals surface area (Å²) in [7, 11) is 0. The van der Waals surface area contributed by atoms with Crippen LogP contribution in [0.15, 0.2) is 41.0 Å². The Kier molecular flexibility index (Phi) is 4.99. The van der Waals surface area contributed by atoms with Gasteiger partial charge in [-0.15, -0.1) is 0 Å². The summed E-state index contributed by atoms with van der Waals surface area (Å²) in [5.41, 5.74) is 3.63. The van der Waals surface area contributed by atoms with Crippen molar-refractivity contribution in [3.63, 3.8) is 0 Å². The van der Waals surface area contributed by atoms with Crippen molar-refractivity contribution in [2.24, 2.45) is 0 Å². The molecular formula is C21H25N3O3. The highest BCUT2D eigenvalue weighted by Crippen LogP contribution is 2.25. The molecule has 2 amide bonds. The van der Waals surface area contributed by atoms with Gasteiger partial charge < -0.3 is 14.6 Å². The topological polar surface area (TPSA) is 65.8 Å². The third kappa shape index (κ3) is 3.76. The molecule has 142 valence electrons. The maximum absolute atomic E-state index is 12.7. The number of benzene rings is 1. The van der Waals surface area contributed by atoms with E-state index in [0.717, 1.165) is 18.5 Å². The number of nitrogens with one attached hydrogen (secondary N) is 1. The molecule has 0 radical (unpaired) electrons. The lowest BCUT2D eigenvalue weighted by molar-refractivity contribution is -0.121. The molecule has 6 heteroatoms. The molecule has 1 saturated heterocycles. The van der Waals surface area contributed by atoms with Gasteiger partial charge >= 0.3 is 0 Å². The zero-order valence-corrected chi connectivity index (χ0v) is 15.6. The quantitative estimate of drug-likeness (QED) is 0.902. The van der Waals surface area contributed by atoms with Crippen molar-refractivity contribution < 1.29 is 14.0 Å². The van der Waals surface area contributed by atoms with Crippen LogP contribution in [0.3, 0.4) is 0 Å². The number of rotatable bonds is 4. The molecule has 4 rings (SSSR count). The lowest BCUT2D eigenvalue weighted by Gasteiger charge is -2.37. The number of piperazine rings is 1. The fraction of sp³-hybridized carbons (Fsp3) is 0.429. The van der Waals surface area contributed by atoms with Crippen LogP contribution in [-0.4, -0.2) is 53.8 Å². The maximum atomic E-state index is 12.7. The van der Waals surface area contributed by atoms with Crippen molar-refractivity contribution in [1.29, 1.82) is 0 Å². The van der Waals surface area contributed by atoms with E-state index in [1.54, 1.807) is 17.0 Å². The van der Waals surface area contributed by atoms with Crippen LogP contribution in [0, 0.1) is 0 Å². The first-order valence-electron chi connectivity index (χ1n) is 9.61. The number of hydrogen-bond acceptors (Lipinski definition) is 4. The van der Waals surface area contributed by atoms with E-state index in [9.17, 15) is 9.59 Å². The molecule has 1 atom stereocenters. The molecule has 1 fully saturated rings. The van der Waals surface area contributed by atoms with E-state index in [0.29, 0.717) is 31.9 Å². The van der Waals surface area contributed by atoms with E-state index in [2.05, 4.69) is 22.3 Å². The van der Waals surface area contributed by atoms with Crippen LogP contribution in [0.1, 0.15) is 35.0 Å². The Morgan fingerprint density at radius 2 is 1.85 bits per heavy atom. The summed E-state index contributed by atoms with van der Waals surface area (Å²) in [5.74, 6) is 0.277. The number of carbonyl (C=O) groups excluding carboxylic acids is 2. The summed E-state index contributed by atoms with van der Waals surface area (Å²) >= 11 is 0. The average molecular weight is 367 g/mol. The SMILES string of the molecule is C[C@@H](C(=O)Nc1ccc2c(c1)CCC2)N1CCN(C(=O)c2ccco2)CC1. The Bertz CT molecular complexity index is 823. The summed E-state index contributed by atoms with van der Waals surface area (Å²) in [6, 6.07) is 9.39. The van der Waals surface area contributed by atoms with Crippen molar-refractivity contribution in [2.75, 3.05) is 31.5 Å². The minimum absolute atomic E-state index is 0.00115. The van der Waals surface area contributed by atoms with E-state index in [-0.39, 0.29) is 17.9 Å². The molecule has 1 N–H and O–H groups in total. The molecule has 0 unspecified atom stereocenters. The smallest absolute Gasteiger partial charge is 0.289 e. The Morgan fingerprint density at radius 1 is 1.07 bits per heavy atom. The van der Waals surface area contributed by atoms with E-state index < -0.39 is 0 Å². The third-order valence-electron chi connectivity index (χ3n) is 5.63. The highest BCUT2D eigenvalue weighted by molar-refractivity contribution is 5.95. The molecule has 1 aromatic heterocycles. The van der Waals surface area contributed by atoms with Crippen LogP contribution in [0.2, 0.25) is 0 Å². The Labute approximate surface area is 159 Å². The van der Waals surface area contributed by atoms with Gasteiger partial charge in [-0.3, -0.25) is 14.5 Å². The predicted molar refractivity (Wildman–Crippen MR) is 103 cm³/mol. The maximum Gasteiger partial charge on any atom is 0.289 e.